The second-order valence-electron chi connectivity index (χ2n) is 6.57. The van der Waals surface area contributed by atoms with E-state index in [1.54, 1.807) is 21.3 Å². The van der Waals surface area contributed by atoms with Crippen LogP contribution in [-0.2, 0) is 6.54 Å². The molecule has 0 spiro atoms. The lowest BCUT2D eigenvalue weighted by molar-refractivity contribution is 0.248. The molecule has 0 aliphatic carbocycles. The van der Waals surface area contributed by atoms with Crippen LogP contribution in [0, 0.1) is 6.92 Å². The van der Waals surface area contributed by atoms with Crippen molar-refractivity contribution in [3.8, 4) is 17.2 Å². The second-order valence-corrected chi connectivity index (χ2v) is 6.57. The minimum absolute atomic E-state index is 0.787. The van der Waals surface area contributed by atoms with Gasteiger partial charge in [-0.2, -0.15) is 0 Å². The molecule has 0 amide bonds. The molecular formula is C21H28N2O3. The Balaban J connectivity index is 1.66. The van der Waals surface area contributed by atoms with Gasteiger partial charge in [-0.25, -0.2) is 0 Å². The standard InChI is InChI=1S/C21H28N2O3/c1-16-13-20(25-3)21(26-4)14-17(16)15-22-9-11-23(12-10-22)18-7-5-6-8-19(18)24-2/h5-8,13-14H,9-12,15H2,1-4H3. The van der Waals surface area contributed by atoms with Crippen molar-refractivity contribution in [1.29, 1.82) is 0 Å². The Kier molecular flexibility index (Phi) is 5.89. The molecule has 3 rings (SSSR count). The summed E-state index contributed by atoms with van der Waals surface area (Å²) in [4.78, 5) is 4.89. The van der Waals surface area contributed by atoms with Crippen LogP contribution >= 0.6 is 0 Å². The zero-order valence-corrected chi connectivity index (χ0v) is 16.1. The molecule has 140 valence electrons. The lowest BCUT2D eigenvalue weighted by Crippen LogP contribution is -2.46. The maximum Gasteiger partial charge on any atom is 0.161 e. The third-order valence-corrected chi connectivity index (χ3v) is 5.03. The zero-order chi connectivity index (χ0) is 18.5. The van der Waals surface area contributed by atoms with Crippen LogP contribution in [0.1, 0.15) is 11.1 Å². The summed E-state index contributed by atoms with van der Waals surface area (Å²) >= 11 is 0. The van der Waals surface area contributed by atoms with Crippen molar-refractivity contribution in [2.24, 2.45) is 0 Å². The maximum atomic E-state index is 5.50. The van der Waals surface area contributed by atoms with E-state index in [1.807, 2.05) is 12.1 Å². The fraction of sp³-hybridized carbons (Fsp3) is 0.429. The van der Waals surface area contributed by atoms with Gasteiger partial charge >= 0.3 is 0 Å². The Morgan fingerprint density at radius 3 is 2.08 bits per heavy atom. The van der Waals surface area contributed by atoms with E-state index in [-0.39, 0.29) is 0 Å². The predicted octanol–water partition coefficient (Wildman–Crippen LogP) is 3.34. The van der Waals surface area contributed by atoms with E-state index in [9.17, 15) is 0 Å². The molecule has 1 aliphatic heterocycles. The van der Waals surface area contributed by atoms with E-state index in [2.05, 4.69) is 41.0 Å². The van der Waals surface area contributed by atoms with Crippen molar-refractivity contribution in [3.05, 3.63) is 47.5 Å². The number of anilines is 1. The molecule has 0 aromatic heterocycles. The van der Waals surface area contributed by atoms with Crippen LogP contribution in [0.2, 0.25) is 0 Å². The molecule has 1 aliphatic rings. The number of hydrogen-bond acceptors (Lipinski definition) is 5. The van der Waals surface area contributed by atoms with Crippen LogP contribution in [0.15, 0.2) is 36.4 Å². The molecular weight excluding hydrogens is 328 g/mol. The average Bonchev–Trinajstić information content (AvgIpc) is 2.69. The van der Waals surface area contributed by atoms with Crippen LogP contribution in [0.5, 0.6) is 17.2 Å². The first-order chi connectivity index (χ1) is 12.7. The molecule has 2 aromatic carbocycles. The second kappa shape index (κ2) is 8.32. The highest BCUT2D eigenvalue weighted by Gasteiger charge is 2.20. The Morgan fingerprint density at radius 1 is 0.808 bits per heavy atom. The van der Waals surface area contributed by atoms with Gasteiger partial charge in [0.15, 0.2) is 11.5 Å². The first-order valence-corrected chi connectivity index (χ1v) is 8.98. The minimum atomic E-state index is 0.787. The molecule has 0 bridgehead atoms. The third kappa shape index (κ3) is 3.88. The number of benzene rings is 2. The summed E-state index contributed by atoms with van der Waals surface area (Å²) < 4.78 is 16.3. The van der Waals surface area contributed by atoms with Gasteiger partial charge in [-0.15, -0.1) is 0 Å². The van der Waals surface area contributed by atoms with E-state index >= 15 is 0 Å². The van der Waals surface area contributed by atoms with Crippen molar-refractivity contribution < 1.29 is 14.2 Å². The molecule has 0 N–H and O–H groups in total. The van der Waals surface area contributed by atoms with E-state index in [4.69, 9.17) is 14.2 Å². The van der Waals surface area contributed by atoms with Crippen molar-refractivity contribution in [2.75, 3.05) is 52.4 Å². The third-order valence-electron chi connectivity index (χ3n) is 5.03. The van der Waals surface area contributed by atoms with Crippen LogP contribution in [0.4, 0.5) is 5.69 Å². The fourth-order valence-electron chi connectivity index (χ4n) is 3.47. The highest BCUT2D eigenvalue weighted by atomic mass is 16.5. The van der Waals surface area contributed by atoms with Gasteiger partial charge in [0.25, 0.3) is 0 Å². The number of ether oxygens (including phenoxy) is 3. The SMILES string of the molecule is COc1cc(C)c(CN2CCN(c3ccccc3OC)CC2)cc1OC. The predicted molar refractivity (Wildman–Crippen MR) is 105 cm³/mol. The summed E-state index contributed by atoms with van der Waals surface area (Å²) in [5.74, 6) is 2.52. The average molecular weight is 356 g/mol. The number of hydrogen-bond donors (Lipinski definition) is 0. The van der Waals surface area contributed by atoms with Crippen LogP contribution in [0.25, 0.3) is 0 Å². The highest BCUT2D eigenvalue weighted by molar-refractivity contribution is 5.58. The van der Waals surface area contributed by atoms with Crippen LogP contribution < -0.4 is 19.1 Å². The van der Waals surface area contributed by atoms with Crippen molar-refractivity contribution in [1.82, 2.24) is 4.90 Å². The Labute approximate surface area is 156 Å². The number of piperazine rings is 1. The van der Waals surface area contributed by atoms with Gasteiger partial charge in [0.2, 0.25) is 0 Å². The van der Waals surface area contributed by atoms with E-state index in [0.29, 0.717) is 0 Å². The van der Waals surface area contributed by atoms with Crippen LogP contribution in [-0.4, -0.2) is 52.4 Å². The molecule has 0 atom stereocenters. The molecule has 0 radical (unpaired) electrons. The number of nitrogens with zero attached hydrogens (tertiary/aromatic N) is 2. The smallest absolute Gasteiger partial charge is 0.161 e. The van der Waals surface area contributed by atoms with Crippen molar-refractivity contribution in [2.45, 2.75) is 13.5 Å². The largest absolute Gasteiger partial charge is 0.495 e. The molecule has 5 heteroatoms. The highest BCUT2D eigenvalue weighted by Crippen LogP contribution is 2.32. The van der Waals surface area contributed by atoms with E-state index < -0.39 is 0 Å². The molecule has 0 unspecified atom stereocenters. The van der Waals surface area contributed by atoms with Gasteiger partial charge in [0.05, 0.1) is 27.0 Å². The first-order valence-electron chi connectivity index (χ1n) is 8.98. The number of rotatable bonds is 6. The lowest BCUT2D eigenvalue weighted by atomic mass is 10.1. The summed E-state index contributed by atoms with van der Waals surface area (Å²) in [7, 11) is 5.09. The monoisotopic (exact) mass is 356 g/mol. The number of aryl methyl sites for hydroxylation is 1. The Hall–Kier alpha value is -2.40. The summed E-state index contributed by atoms with van der Waals surface area (Å²) in [6, 6.07) is 12.4. The molecule has 1 heterocycles. The van der Waals surface area contributed by atoms with Crippen molar-refractivity contribution in [3.63, 3.8) is 0 Å². The molecule has 26 heavy (non-hydrogen) atoms. The molecule has 1 saturated heterocycles. The zero-order valence-electron chi connectivity index (χ0n) is 16.1. The summed E-state index contributed by atoms with van der Waals surface area (Å²) in [5.41, 5.74) is 3.69. The molecule has 5 nitrogen and oxygen atoms in total. The molecule has 1 fully saturated rings. The maximum absolute atomic E-state index is 5.50. The lowest BCUT2D eigenvalue weighted by Gasteiger charge is -2.36. The van der Waals surface area contributed by atoms with E-state index in [0.717, 1.165) is 50.0 Å². The van der Waals surface area contributed by atoms with Gasteiger partial charge in [0, 0.05) is 32.7 Å². The molecule has 2 aromatic rings. The summed E-state index contributed by atoms with van der Waals surface area (Å²) in [6.07, 6.45) is 0. The van der Waals surface area contributed by atoms with Gasteiger partial charge in [-0.3, -0.25) is 4.90 Å². The quantitative estimate of drug-likeness (QED) is 0.793. The fourth-order valence-corrected chi connectivity index (χ4v) is 3.47. The Morgan fingerprint density at radius 2 is 1.42 bits per heavy atom. The van der Waals surface area contributed by atoms with Gasteiger partial charge in [-0.1, -0.05) is 12.1 Å². The summed E-state index contributed by atoms with van der Waals surface area (Å²) in [5, 5.41) is 0. The Bertz CT molecular complexity index is 740. The van der Waals surface area contributed by atoms with Gasteiger partial charge in [0.1, 0.15) is 5.75 Å². The van der Waals surface area contributed by atoms with Gasteiger partial charge < -0.3 is 19.1 Å². The topological polar surface area (TPSA) is 34.2 Å². The first kappa shape index (κ1) is 18.4. The molecule has 0 saturated carbocycles. The number of methoxy groups -OCH3 is 3. The van der Waals surface area contributed by atoms with Gasteiger partial charge in [-0.05, 0) is 42.3 Å². The minimum Gasteiger partial charge on any atom is -0.495 e. The normalized spacial score (nSPS) is 15.0. The van der Waals surface area contributed by atoms with Crippen molar-refractivity contribution >= 4 is 5.69 Å². The van der Waals surface area contributed by atoms with Crippen LogP contribution in [0.3, 0.4) is 0 Å². The summed E-state index contributed by atoms with van der Waals surface area (Å²) in [6.45, 7) is 7.07. The number of para-hydroxylation sites is 2. The van der Waals surface area contributed by atoms with E-state index in [1.165, 1.54) is 16.8 Å².